The van der Waals surface area contributed by atoms with Crippen LogP contribution in [0.4, 0.5) is 0 Å². The van der Waals surface area contributed by atoms with Gasteiger partial charge in [0, 0.05) is 10.4 Å². The molecule has 0 heterocycles. The Hall–Kier alpha value is -0.880. The Morgan fingerprint density at radius 2 is 1.68 bits per heavy atom. The molecule has 6 heteroatoms. The third-order valence-electron chi connectivity index (χ3n) is 3.94. The summed E-state index contributed by atoms with van der Waals surface area (Å²) in [6.07, 6.45) is 2.29. The highest BCUT2D eigenvalue weighted by molar-refractivity contribution is 9.10. The molecule has 22 heavy (non-hydrogen) atoms. The van der Waals surface area contributed by atoms with Crippen LogP contribution >= 0.6 is 27.5 Å². The van der Waals surface area contributed by atoms with Crippen molar-refractivity contribution in [2.24, 2.45) is 11.1 Å². The lowest BCUT2D eigenvalue weighted by Crippen LogP contribution is -2.14. The standard InChI is InChI=1S/C16H15BrClNO2S/c17-13-6-3-11(4-7-13)16(10-1-2-10)12-5-8-14(18)15(9-12)22(19,20)21/h3-10,16H,1-2H2,(H2,19,20,21). The number of halogens is 2. The second kappa shape index (κ2) is 5.96. The number of hydrogen-bond donors (Lipinski definition) is 1. The number of primary sulfonamides is 1. The molecule has 1 aliphatic carbocycles. The molecule has 0 radical (unpaired) electrons. The fourth-order valence-electron chi connectivity index (χ4n) is 2.77. The van der Waals surface area contributed by atoms with E-state index in [1.165, 1.54) is 5.56 Å². The maximum atomic E-state index is 11.7. The molecule has 0 amide bonds. The van der Waals surface area contributed by atoms with Crippen molar-refractivity contribution in [2.75, 3.05) is 0 Å². The molecule has 1 atom stereocenters. The fraction of sp³-hybridized carbons (Fsp3) is 0.250. The molecule has 3 rings (SSSR count). The molecule has 1 fully saturated rings. The second-order valence-corrected chi connectivity index (χ2v) is 8.45. The average molecular weight is 401 g/mol. The molecule has 2 aromatic carbocycles. The van der Waals surface area contributed by atoms with Gasteiger partial charge in [-0.2, -0.15) is 0 Å². The van der Waals surface area contributed by atoms with Gasteiger partial charge in [0.15, 0.2) is 0 Å². The molecular formula is C16H15BrClNO2S. The summed E-state index contributed by atoms with van der Waals surface area (Å²) in [7, 11) is -3.82. The first-order valence-corrected chi connectivity index (χ1v) is 9.65. The lowest BCUT2D eigenvalue weighted by atomic mass is 9.87. The highest BCUT2D eigenvalue weighted by Crippen LogP contribution is 2.47. The number of nitrogens with two attached hydrogens (primary N) is 1. The van der Waals surface area contributed by atoms with Crippen LogP contribution in [-0.2, 0) is 10.0 Å². The van der Waals surface area contributed by atoms with Crippen molar-refractivity contribution in [2.45, 2.75) is 23.7 Å². The molecule has 2 N–H and O–H groups in total. The fourth-order valence-corrected chi connectivity index (χ4v) is 4.11. The summed E-state index contributed by atoms with van der Waals surface area (Å²) in [5.74, 6) is 0.710. The predicted octanol–water partition coefficient (Wildman–Crippen LogP) is 4.29. The van der Waals surface area contributed by atoms with Crippen LogP contribution in [0.3, 0.4) is 0 Å². The average Bonchev–Trinajstić information content (AvgIpc) is 3.26. The van der Waals surface area contributed by atoms with E-state index in [0.717, 1.165) is 22.9 Å². The summed E-state index contributed by atoms with van der Waals surface area (Å²) in [5.41, 5.74) is 2.12. The van der Waals surface area contributed by atoms with Crippen LogP contribution < -0.4 is 5.14 Å². The van der Waals surface area contributed by atoms with Crippen LogP contribution in [-0.4, -0.2) is 8.42 Å². The third-order valence-corrected chi connectivity index (χ3v) is 5.86. The summed E-state index contributed by atoms with van der Waals surface area (Å²) in [6.45, 7) is 0. The van der Waals surface area contributed by atoms with E-state index in [1.807, 2.05) is 18.2 Å². The van der Waals surface area contributed by atoms with Crippen LogP contribution in [0, 0.1) is 5.92 Å². The maximum absolute atomic E-state index is 11.7. The van der Waals surface area contributed by atoms with Crippen molar-refractivity contribution in [3.05, 3.63) is 63.1 Å². The molecule has 0 spiro atoms. The lowest BCUT2D eigenvalue weighted by molar-refractivity contribution is 0.597. The second-order valence-electron chi connectivity index (χ2n) is 5.60. The normalized spacial score (nSPS) is 16.5. The van der Waals surface area contributed by atoms with Crippen LogP contribution in [0.1, 0.15) is 29.9 Å². The molecule has 0 aliphatic heterocycles. The minimum atomic E-state index is -3.82. The first-order valence-electron chi connectivity index (χ1n) is 6.94. The quantitative estimate of drug-likeness (QED) is 0.832. The number of benzene rings is 2. The van der Waals surface area contributed by atoms with Gasteiger partial charge < -0.3 is 0 Å². The minimum Gasteiger partial charge on any atom is -0.225 e. The van der Waals surface area contributed by atoms with Crippen molar-refractivity contribution in [3.8, 4) is 0 Å². The first kappa shape index (κ1) is 16.0. The van der Waals surface area contributed by atoms with E-state index in [0.29, 0.717) is 5.92 Å². The van der Waals surface area contributed by atoms with Crippen molar-refractivity contribution >= 4 is 37.6 Å². The van der Waals surface area contributed by atoms with Gasteiger partial charge in [0.05, 0.1) is 5.02 Å². The molecule has 0 saturated heterocycles. The van der Waals surface area contributed by atoms with Gasteiger partial charge in [-0.05, 0) is 54.2 Å². The molecule has 1 unspecified atom stereocenters. The SMILES string of the molecule is NS(=O)(=O)c1cc(C(c2ccc(Br)cc2)C2CC2)ccc1Cl. The highest BCUT2D eigenvalue weighted by atomic mass is 79.9. The molecule has 0 bridgehead atoms. The minimum absolute atomic E-state index is 0.00516. The summed E-state index contributed by atoms with van der Waals surface area (Å²) < 4.78 is 24.4. The Bertz CT molecular complexity index is 801. The number of hydrogen-bond acceptors (Lipinski definition) is 2. The number of rotatable bonds is 4. The topological polar surface area (TPSA) is 60.2 Å². The maximum Gasteiger partial charge on any atom is 0.239 e. The summed E-state index contributed by atoms with van der Waals surface area (Å²) in [6, 6.07) is 13.3. The van der Waals surface area contributed by atoms with E-state index in [-0.39, 0.29) is 15.8 Å². The molecule has 1 saturated carbocycles. The summed E-state index contributed by atoms with van der Waals surface area (Å²) in [4.78, 5) is -0.00516. The van der Waals surface area contributed by atoms with Crippen LogP contribution in [0.25, 0.3) is 0 Å². The van der Waals surface area contributed by atoms with E-state index in [1.54, 1.807) is 12.1 Å². The largest absolute Gasteiger partial charge is 0.239 e. The molecular weight excluding hydrogens is 386 g/mol. The van der Waals surface area contributed by atoms with Crippen molar-refractivity contribution < 1.29 is 8.42 Å². The van der Waals surface area contributed by atoms with Gasteiger partial charge in [-0.25, -0.2) is 13.6 Å². The zero-order valence-electron chi connectivity index (χ0n) is 11.7. The molecule has 3 nitrogen and oxygen atoms in total. The van der Waals surface area contributed by atoms with Crippen molar-refractivity contribution in [1.82, 2.24) is 0 Å². The van der Waals surface area contributed by atoms with E-state index >= 15 is 0 Å². The summed E-state index contributed by atoms with van der Waals surface area (Å²) in [5, 5.41) is 5.42. The zero-order chi connectivity index (χ0) is 15.9. The van der Waals surface area contributed by atoms with E-state index in [4.69, 9.17) is 16.7 Å². The molecule has 2 aromatic rings. The monoisotopic (exact) mass is 399 g/mol. The van der Waals surface area contributed by atoms with Crippen LogP contribution in [0.2, 0.25) is 5.02 Å². The predicted molar refractivity (Wildman–Crippen MR) is 91.5 cm³/mol. The Kier molecular flexibility index (Phi) is 4.34. The Balaban J connectivity index is 2.08. The first-order chi connectivity index (χ1) is 10.4. The molecule has 1 aliphatic rings. The molecule has 116 valence electrons. The Morgan fingerprint density at radius 3 is 2.23 bits per heavy atom. The third kappa shape index (κ3) is 3.38. The molecule has 0 aromatic heterocycles. The summed E-state index contributed by atoms with van der Waals surface area (Å²) >= 11 is 9.42. The Morgan fingerprint density at radius 1 is 1.09 bits per heavy atom. The van der Waals surface area contributed by atoms with Gasteiger partial charge in [0.25, 0.3) is 0 Å². The van der Waals surface area contributed by atoms with E-state index < -0.39 is 10.0 Å². The highest BCUT2D eigenvalue weighted by Gasteiger charge is 2.34. The van der Waals surface area contributed by atoms with Crippen LogP contribution in [0.15, 0.2) is 51.8 Å². The smallest absolute Gasteiger partial charge is 0.225 e. The van der Waals surface area contributed by atoms with Gasteiger partial charge >= 0.3 is 0 Å². The zero-order valence-corrected chi connectivity index (χ0v) is 14.8. The van der Waals surface area contributed by atoms with Gasteiger partial charge in [-0.1, -0.05) is 45.7 Å². The number of sulfonamides is 1. The van der Waals surface area contributed by atoms with Gasteiger partial charge in [0.2, 0.25) is 10.0 Å². The van der Waals surface area contributed by atoms with E-state index in [2.05, 4.69) is 28.1 Å². The van der Waals surface area contributed by atoms with E-state index in [9.17, 15) is 8.42 Å². The lowest BCUT2D eigenvalue weighted by Gasteiger charge is -2.19. The van der Waals surface area contributed by atoms with Crippen molar-refractivity contribution in [1.29, 1.82) is 0 Å². The van der Waals surface area contributed by atoms with Crippen LogP contribution in [0.5, 0.6) is 0 Å². The van der Waals surface area contributed by atoms with Gasteiger partial charge in [-0.3, -0.25) is 0 Å². The van der Waals surface area contributed by atoms with Crippen molar-refractivity contribution in [3.63, 3.8) is 0 Å². The van der Waals surface area contributed by atoms with Gasteiger partial charge in [0.1, 0.15) is 4.90 Å². The Labute approximate surface area is 143 Å². The van der Waals surface area contributed by atoms with Gasteiger partial charge in [-0.15, -0.1) is 0 Å².